The molecule has 0 bridgehead atoms. The second kappa shape index (κ2) is 6.92. The summed E-state index contributed by atoms with van der Waals surface area (Å²) in [4.78, 5) is 16.7. The third kappa shape index (κ3) is 3.58. The number of alkyl halides is 3. The van der Waals surface area contributed by atoms with Gasteiger partial charge in [-0.1, -0.05) is 47.2 Å². The van der Waals surface area contributed by atoms with E-state index < -0.39 is 17.9 Å². The van der Waals surface area contributed by atoms with Crippen LogP contribution >= 0.6 is 22.9 Å². The number of hydrogen-bond acceptors (Lipinski definition) is 4. The van der Waals surface area contributed by atoms with Gasteiger partial charge in [-0.05, 0) is 24.3 Å². The third-order valence-corrected chi connectivity index (χ3v) is 4.94. The number of amides is 1. The van der Waals surface area contributed by atoms with Crippen molar-refractivity contribution in [1.29, 1.82) is 0 Å². The number of carbonyl (C=O) groups excluding carboxylic acids is 1. The normalized spacial score (nSPS) is 11.7. The number of nitrogens with one attached hydrogen (secondary N) is 1. The van der Waals surface area contributed by atoms with Gasteiger partial charge in [0.25, 0.3) is 0 Å². The third-order valence-electron chi connectivity index (χ3n) is 3.73. The average Bonchev–Trinajstić information content (AvgIpc) is 3.26. The zero-order valence-corrected chi connectivity index (χ0v) is 15.4. The lowest BCUT2D eigenvalue weighted by Gasteiger charge is -2.08. The van der Waals surface area contributed by atoms with Gasteiger partial charge in [0.2, 0.25) is 0 Å². The van der Waals surface area contributed by atoms with Crippen molar-refractivity contribution in [1.82, 2.24) is 14.8 Å². The van der Waals surface area contributed by atoms with Crippen molar-refractivity contribution in [2.75, 3.05) is 5.32 Å². The molecule has 0 aliphatic heterocycles. The molecule has 4 rings (SSSR count). The first-order valence-electron chi connectivity index (χ1n) is 7.84. The fourth-order valence-electron chi connectivity index (χ4n) is 2.49. The maximum absolute atomic E-state index is 13.4. The molecule has 0 atom stereocenters. The summed E-state index contributed by atoms with van der Waals surface area (Å²) in [5.41, 5.74) is -0.450. The van der Waals surface area contributed by atoms with E-state index >= 15 is 0 Å². The molecule has 0 unspecified atom stereocenters. The number of fused-ring (bicyclic) bond motifs is 1. The number of halogens is 4. The Labute approximate surface area is 165 Å². The van der Waals surface area contributed by atoms with Crippen LogP contribution in [0.25, 0.3) is 21.5 Å². The Morgan fingerprint density at radius 3 is 2.54 bits per heavy atom. The lowest BCUT2D eigenvalue weighted by atomic mass is 10.1. The van der Waals surface area contributed by atoms with Crippen LogP contribution in [0.4, 0.5) is 23.1 Å². The largest absolute Gasteiger partial charge is 0.434 e. The molecule has 5 nitrogen and oxygen atoms in total. The molecule has 141 valence electrons. The quantitative estimate of drug-likeness (QED) is 0.451. The van der Waals surface area contributed by atoms with E-state index in [0.29, 0.717) is 16.1 Å². The topological polar surface area (TPSA) is 59.8 Å². The Hall–Kier alpha value is -2.91. The van der Waals surface area contributed by atoms with Crippen LogP contribution in [0.5, 0.6) is 0 Å². The molecule has 2 aromatic carbocycles. The first-order chi connectivity index (χ1) is 13.3. The molecule has 10 heteroatoms. The molecule has 0 spiro atoms. The molecule has 2 aromatic heterocycles. The minimum atomic E-state index is -4.82. The molecule has 1 amide bonds. The van der Waals surface area contributed by atoms with Gasteiger partial charge in [0.1, 0.15) is 5.69 Å². The van der Waals surface area contributed by atoms with Crippen molar-refractivity contribution in [3.63, 3.8) is 0 Å². The molecule has 1 N–H and O–H groups in total. The summed E-state index contributed by atoms with van der Waals surface area (Å²) in [5, 5.41) is 6.74. The summed E-state index contributed by atoms with van der Waals surface area (Å²) < 4.78 is 41.2. The number of para-hydroxylation sites is 1. The van der Waals surface area contributed by atoms with Crippen LogP contribution in [0.3, 0.4) is 0 Å². The Bertz CT molecular complexity index is 1130. The minimum Gasteiger partial charge on any atom is -0.282 e. The predicted molar refractivity (Wildman–Crippen MR) is 101 cm³/mol. The van der Waals surface area contributed by atoms with Gasteiger partial charge in [-0.25, -0.2) is 9.78 Å². The molecule has 2 heterocycles. The van der Waals surface area contributed by atoms with E-state index in [-0.39, 0.29) is 15.5 Å². The van der Waals surface area contributed by atoms with Crippen molar-refractivity contribution < 1.29 is 18.0 Å². The number of nitrogens with zero attached hydrogens (tertiary/aromatic N) is 3. The second-order valence-electron chi connectivity index (χ2n) is 5.66. The van der Waals surface area contributed by atoms with Crippen LogP contribution in [0, 0.1) is 6.07 Å². The van der Waals surface area contributed by atoms with E-state index in [0.717, 1.165) is 16.0 Å². The van der Waals surface area contributed by atoms with Crippen LogP contribution in [-0.4, -0.2) is 20.8 Å². The van der Waals surface area contributed by atoms with Crippen molar-refractivity contribution in [2.45, 2.75) is 6.18 Å². The smallest absolute Gasteiger partial charge is 0.282 e. The lowest BCUT2D eigenvalue weighted by molar-refractivity contribution is -0.143. The number of aromatic nitrogens is 3. The van der Waals surface area contributed by atoms with Gasteiger partial charge in [-0.3, -0.25) is 5.32 Å². The molecule has 28 heavy (non-hydrogen) atoms. The first kappa shape index (κ1) is 18.5. The highest BCUT2D eigenvalue weighted by molar-refractivity contribution is 7.22. The number of benzene rings is 2. The van der Waals surface area contributed by atoms with Gasteiger partial charge < -0.3 is 0 Å². The maximum Gasteiger partial charge on any atom is 0.434 e. The number of anilines is 1. The summed E-state index contributed by atoms with van der Waals surface area (Å²) >= 11 is 6.94. The summed E-state index contributed by atoms with van der Waals surface area (Å²) in [6.45, 7) is 0. The predicted octanol–water partition coefficient (Wildman–Crippen LogP) is 5.71. The van der Waals surface area contributed by atoms with Gasteiger partial charge in [-0.15, -0.1) is 0 Å². The minimum absolute atomic E-state index is 0.122. The zero-order chi connectivity index (χ0) is 19.9. The maximum atomic E-state index is 13.4. The van der Waals surface area contributed by atoms with E-state index in [1.165, 1.54) is 24.3 Å². The number of carbonyl (C=O) groups is 1. The van der Waals surface area contributed by atoms with E-state index in [2.05, 4.69) is 21.5 Å². The van der Waals surface area contributed by atoms with Crippen LogP contribution in [0.1, 0.15) is 5.69 Å². The Morgan fingerprint density at radius 1 is 1.14 bits per heavy atom. The van der Waals surface area contributed by atoms with E-state index in [9.17, 15) is 18.0 Å². The fourth-order valence-corrected chi connectivity index (χ4v) is 3.47. The first-order valence-corrected chi connectivity index (χ1v) is 9.03. The number of hydrogen-bond donors (Lipinski definition) is 1. The van der Waals surface area contributed by atoms with Gasteiger partial charge in [0.15, 0.2) is 10.8 Å². The highest BCUT2D eigenvalue weighted by Gasteiger charge is 2.38. The molecular weight excluding hydrogens is 413 g/mol. The number of rotatable bonds is 2. The SMILES string of the molecule is O=C(Nc1nc2ccccc2s1)n1nc(-c2ccc(Cl)cc2)[c]c1C(F)(F)F. The fraction of sp³-hybridized carbons (Fsp3) is 0.0556. The van der Waals surface area contributed by atoms with Crippen LogP contribution in [0.15, 0.2) is 48.5 Å². The van der Waals surface area contributed by atoms with Crippen molar-refractivity contribution in [3.8, 4) is 11.3 Å². The van der Waals surface area contributed by atoms with Crippen LogP contribution in [-0.2, 0) is 6.18 Å². The highest BCUT2D eigenvalue weighted by atomic mass is 35.5. The van der Waals surface area contributed by atoms with Crippen molar-refractivity contribution >= 4 is 44.3 Å². The monoisotopic (exact) mass is 421 g/mol. The zero-order valence-electron chi connectivity index (χ0n) is 13.8. The molecule has 1 radical (unpaired) electrons. The molecule has 0 saturated carbocycles. The summed E-state index contributed by atoms with van der Waals surface area (Å²) in [6.07, 6.45) is -4.82. The Kier molecular flexibility index (Phi) is 4.56. The molecule has 0 aliphatic rings. The highest BCUT2D eigenvalue weighted by Crippen LogP contribution is 2.33. The summed E-state index contributed by atoms with van der Waals surface area (Å²) in [7, 11) is 0. The van der Waals surface area contributed by atoms with Gasteiger partial charge >= 0.3 is 12.2 Å². The van der Waals surface area contributed by atoms with Crippen molar-refractivity contribution in [2.24, 2.45) is 0 Å². The molecule has 0 aliphatic carbocycles. The Balaban J connectivity index is 1.70. The van der Waals surface area contributed by atoms with Crippen molar-refractivity contribution in [3.05, 3.63) is 65.3 Å². The second-order valence-corrected chi connectivity index (χ2v) is 7.12. The summed E-state index contributed by atoms with van der Waals surface area (Å²) in [6, 6.07) is 14.2. The van der Waals surface area contributed by atoms with Gasteiger partial charge in [0.05, 0.1) is 10.2 Å². The summed E-state index contributed by atoms with van der Waals surface area (Å²) in [5.74, 6) is 0. The van der Waals surface area contributed by atoms with Gasteiger partial charge in [-0.2, -0.15) is 23.0 Å². The lowest BCUT2D eigenvalue weighted by Crippen LogP contribution is -2.26. The van der Waals surface area contributed by atoms with E-state index in [1.807, 2.05) is 0 Å². The number of thiazole rings is 1. The van der Waals surface area contributed by atoms with Crippen LogP contribution < -0.4 is 5.32 Å². The van der Waals surface area contributed by atoms with Crippen LogP contribution in [0.2, 0.25) is 5.02 Å². The van der Waals surface area contributed by atoms with E-state index in [1.54, 1.807) is 24.3 Å². The van der Waals surface area contributed by atoms with E-state index in [4.69, 9.17) is 11.6 Å². The average molecular weight is 422 g/mol. The molecule has 4 aromatic rings. The Morgan fingerprint density at radius 2 is 1.86 bits per heavy atom. The molecular formula is C18H9ClF3N4OS. The standard InChI is InChI=1S/C18H9ClF3N4OS/c19-11-7-5-10(6-8-11)13-9-15(18(20,21)22)26(25-13)17(27)24-16-23-12-3-1-2-4-14(12)28-16/h1-8H,(H,23,24,27). The molecule has 0 saturated heterocycles. The molecule has 0 fully saturated rings. The van der Waals surface area contributed by atoms with Gasteiger partial charge in [0, 0.05) is 16.7 Å².